The van der Waals surface area contributed by atoms with Crippen molar-refractivity contribution in [3.8, 4) is 5.75 Å². The average molecular weight is 364 g/mol. The minimum Gasteiger partial charge on any atom is -0.493 e. The molecule has 5 rings (SSSR count). The summed E-state index contributed by atoms with van der Waals surface area (Å²) in [5.74, 6) is 2.01. The molecular weight excluding hydrogens is 336 g/mol. The van der Waals surface area contributed by atoms with E-state index in [1.165, 1.54) is 35.2 Å². The molecule has 27 heavy (non-hydrogen) atoms. The van der Waals surface area contributed by atoms with Crippen molar-refractivity contribution < 1.29 is 4.74 Å². The molecule has 3 aliphatic rings. The maximum Gasteiger partial charge on any atom is 0.225 e. The predicted octanol–water partition coefficient (Wildman–Crippen LogP) is 3.17. The van der Waals surface area contributed by atoms with Crippen LogP contribution in [0.15, 0.2) is 24.4 Å². The molecule has 0 unspecified atom stereocenters. The Morgan fingerprint density at radius 3 is 2.74 bits per heavy atom. The van der Waals surface area contributed by atoms with Crippen molar-refractivity contribution in [2.75, 3.05) is 37.7 Å². The number of aromatic nitrogens is 2. The van der Waals surface area contributed by atoms with Crippen LogP contribution in [-0.4, -0.2) is 47.7 Å². The van der Waals surface area contributed by atoms with Crippen molar-refractivity contribution in [1.29, 1.82) is 0 Å². The first-order valence-electron chi connectivity index (χ1n) is 10.4. The van der Waals surface area contributed by atoms with Gasteiger partial charge in [-0.2, -0.15) is 0 Å². The first kappa shape index (κ1) is 17.0. The number of fused-ring (bicyclic) bond motifs is 2. The third-order valence-electron chi connectivity index (χ3n) is 6.40. The van der Waals surface area contributed by atoms with Crippen LogP contribution in [-0.2, 0) is 19.3 Å². The molecule has 1 fully saturated rings. The summed E-state index contributed by atoms with van der Waals surface area (Å²) in [6.07, 6.45) is 7.91. The fraction of sp³-hybridized carbons (Fsp3) is 0.545. The first-order valence-corrected chi connectivity index (χ1v) is 10.4. The SMILES string of the molecule is C[C@@H](c1ccc2c(c1)OCC2)N1CCN(c2ncc3c(n2)CCCC3)CC1. The van der Waals surface area contributed by atoms with Crippen LogP contribution in [0.2, 0.25) is 0 Å². The van der Waals surface area contributed by atoms with Gasteiger partial charge in [0.05, 0.1) is 6.61 Å². The van der Waals surface area contributed by atoms with Crippen molar-refractivity contribution in [1.82, 2.24) is 14.9 Å². The van der Waals surface area contributed by atoms with E-state index < -0.39 is 0 Å². The van der Waals surface area contributed by atoms with Gasteiger partial charge >= 0.3 is 0 Å². The van der Waals surface area contributed by atoms with E-state index in [0.717, 1.165) is 63.7 Å². The molecule has 0 bridgehead atoms. The fourth-order valence-electron chi connectivity index (χ4n) is 4.58. The Morgan fingerprint density at radius 1 is 1.00 bits per heavy atom. The summed E-state index contributed by atoms with van der Waals surface area (Å²) in [4.78, 5) is 14.5. The zero-order valence-electron chi connectivity index (χ0n) is 16.2. The highest BCUT2D eigenvalue weighted by molar-refractivity contribution is 5.41. The lowest BCUT2D eigenvalue weighted by Gasteiger charge is -2.38. The van der Waals surface area contributed by atoms with Crippen LogP contribution in [0, 0.1) is 0 Å². The van der Waals surface area contributed by atoms with Crippen molar-refractivity contribution in [3.05, 3.63) is 46.8 Å². The average Bonchev–Trinajstić information content (AvgIpc) is 3.21. The van der Waals surface area contributed by atoms with Gasteiger partial charge in [0.1, 0.15) is 5.75 Å². The Morgan fingerprint density at radius 2 is 1.85 bits per heavy atom. The van der Waals surface area contributed by atoms with Gasteiger partial charge in [0, 0.05) is 50.5 Å². The normalized spacial score (nSPS) is 20.7. The third kappa shape index (κ3) is 3.29. The highest BCUT2D eigenvalue weighted by atomic mass is 16.5. The lowest BCUT2D eigenvalue weighted by molar-refractivity contribution is 0.197. The summed E-state index contributed by atoms with van der Waals surface area (Å²) in [5.41, 5.74) is 5.34. The molecule has 1 aliphatic carbocycles. The molecule has 5 heteroatoms. The molecular formula is C22H28N4O. The summed E-state index contributed by atoms with van der Waals surface area (Å²) >= 11 is 0. The second-order valence-electron chi connectivity index (χ2n) is 8.01. The number of piperazine rings is 1. The van der Waals surface area contributed by atoms with Gasteiger partial charge in [-0.05, 0) is 55.4 Å². The quantitative estimate of drug-likeness (QED) is 0.837. The molecule has 2 aliphatic heterocycles. The monoisotopic (exact) mass is 364 g/mol. The predicted molar refractivity (Wildman–Crippen MR) is 107 cm³/mol. The molecule has 0 spiro atoms. The Bertz CT molecular complexity index is 829. The fourth-order valence-corrected chi connectivity index (χ4v) is 4.58. The number of benzene rings is 1. The minimum absolute atomic E-state index is 0.408. The van der Waals surface area contributed by atoms with Crippen molar-refractivity contribution in [2.45, 2.75) is 45.1 Å². The second kappa shape index (κ2) is 7.12. The summed E-state index contributed by atoms with van der Waals surface area (Å²) in [6.45, 7) is 7.20. The molecule has 3 heterocycles. The number of anilines is 1. The van der Waals surface area contributed by atoms with E-state index in [1.807, 2.05) is 0 Å². The van der Waals surface area contributed by atoms with E-state index >= 15 is 0 Å². The van der Waals surface area contributed by atoms with Gasteiger partial charge in [0.25, 0.3) is 0 Å². The number of hydrogen-bond donors (Lipinski definition) is 0. The van der Waals surface area contributed by atoms with Gasteiger partial charge in [-0.3, -0.25) is 4.90 Å². The Kier molecular flexibility index (Phi) is 4.48. The van der Waals surface area contributed by atoms with E-state index in [9.17, 15) is 0 Å². The molecule has 0 saturated carbocycles. The van der Waals surface area contributed by atoms with Crippen LogP contribution in [0.3, 0.4) is 0 Å². The Balaban J connectivity index is 1.25. The highest BCUT2D eigenvalue weighted by Gasteiger charge is 2.25. The van der Waals surface area contributed by atoms with Crippen LogP contribution in [0.1, 0.15) is 48.2 Å². The molecule has 142 valence electrons. The van der Waals surface area contributed by atoms with Crippen LogP contribution >= 0.6 is 0 Å². The van der Waals surface area contributed by atoms with E-state index in [0.29, 0.717) is 6.04 Å². The van der Waals surface area contributed by atoms with Crippen molar-refractivity contribution >= 4 is 5.95 Å². The molecule has 0 N–H and O–H groups in total. The van der Waals surface area contributed by atoms with E-state index in [-0.39, 0.29) is 0 Å². The van der Waals surface area contributed by atoms with Crippen LogP contribution < -0.4 is 9.64 Å². The lowest BCUT2D eigenvalue weighted by Crippen LogP contribution is -2.47. The van der Waals surface area contributed by atoms with E-state index in [2.05, 4.69) is 46.1 Å². The first-order chi connectivity index (χ1) is 13.3. The van der Waals surface area contributed by atoms with Gasteiger partial charge in [-0.1, -0.05) is 12.1 Å². The standard InChI is InChI=1S/C22H28N4O/c1-16(18-7-6-17-8-13-27-21(17)14-18)25-9-11-26(12-10-25)22-23-15-19-4-2-3-5-20(19)24-22/h6-7,14-16H,2-5,8-13H2,1H3/t16-/m0/s1. The van der Waals surface area contributed by atoms with E-state index in [1.54, 1.807) is 0 Å². The number of ether oxygens (including phenoxy) is 1. The molecule has 0 amide bonds. The lowest BCUT2D eigenvalue weighted by atomic mass is 9.98. The topological polar surface area (TPSA) is 41.5 Å². The highest BCUT2D eigenvalue weighted by Crippen LogP contribution is 2.31. The molecule has 1 atom stereocenters. The Hall–Kier alpha value is -2.14. The summed E-state index contributed by atoms with van der Waals surface area (Å²) < 4.78 is 5.75. The molecule has 1 saturated heterocycles. The maximum atomic E-state index is 5.75. The smallest absolute Gasteiger partial charge is 0.225 e. The summed E-state index contributed by atoms with van der Waals surface area (Å²) in [7, 11) is 0. The van der Waals surface area contributed by atoms with Gasteiger partial charge in [0.15, 0.2) is 0 Å². The van der Waals surface area contributed by atoms with Gasteiger partial charge < -0.3 is 9.64 Å². The minimum atomic E-state index is 0.408. The van der Waals surface area contributed by atoms with Gasteiger partial charge in [-0.15, -0.1) is 0 Å². The van der Waals surface area contributed by atoms with Crippen LogP contribution in [0.4, 0.5) is 5.95 Å². The summed E-state index contributed by atoms with van der Waals surface area (Å²) in [5, 5.41) is 0. The van der Waals surface area contributed by atoms with Gasteiger partial charge in [0.2, 0.25) is 5.95 Å². The van der Waals surface area contributed by atoms with Crippen LogP contribution in [0.25, 0.3) is 0 Å². The second-order valence-corrected chi connectivity index (χ2v) is 8.01. The maximum absolute atomic E-state index is 5.75. The number of nitrogens with zero attached hydrogens (tertiary/aromatic N) is 4. The molecule has 1 aromatic heterocycles. The summed E-state index contributed by atoms with van der Waals surface area (Å²) in [6, 6.07) is 7.17. The zero-order valence-corrected chi connectivity index (χ0v) is 16.2. The number of hydrogen-bond acceptors (Lipinski definition) is 5. The number of aryl methyl sites for hydroxylation is 2. The Labute approximate surface area is 161 Å². The molecule has 0 radical (unpaired) electrons. The van der Waals surface area contributed by atoms with Crippen molar-refractivity contribution in [2.24, 2.45) is 0 Å². The molecule has 1 aromatic carbocycles. The molecule has 2 aromatic rings. The van der Waals surface area contributed by atoms with Gasteiger partial charge in [-0.25, -0.2) is 9.97 Å². The largest absolute Gasteiger partial charge is 0.493 e. The number of rotatable bonds is 3. The third-order valence-corrected chi connectivity index (χ3v) is 6.40. The molecule has 5 nitrogen and oxygen atoms in total. The van der Waals surface area contributed by atoms with E-state index in [4.69, 9.17) is 9.72 Å². The van der Waals surface area contributed by atoms with Crippen LogP contribution in [0.5, 0.6) is 5.75 Å². The zero-order chi connectivity index (χ0) is 18.2. The van der Waals surface area contributed by atoms with Crippen molar-refractivity contribution in [3.63, 3.8) is 0 Å².